The van der Waals surface area contributed by atoms with E-state index in [0.29, 0.717) is 5.92 Å². The zero-order chi connectivity index (χ0) is 11.4. The Morgan fingerprint density at radius 1 is 1.38 bits per heavy atom. The third-order valence-corrected chi connectivity index (χ3v) is 2.72. The lowest BCUT2D eigenvalue weighted by Gasteiger charge is -2.19. The fraction of sp³-hybridized carbons (Fsp3) is 0.417. The topological polar surface area (TPSA) is 21.6 Å². The lowest BCUT2D eigenvalue weighted by Crippen LogP contribution is -2.11. The largest absolute Gasteiger partial charge is 0.391 e. The highest BCUT2D eigenvalue weighted by Crippen LogP contribution is 2.24. The Kier molecular flexibility index (Phi) is 3.49. The molecule has 86 valence electrons. The Morgan fingerprint density at radius 2 is 2.19 bits per heavy atom. The van der Waals surface area contributed by atoms with Crippen molar-refractivity contribution in [3.8, 4) is 0 Å². The molecule has 0 radical (unpaired) electrons. The van der Waals surface area contributed by atoms with E-state index < -0.39 is 11.6 Å². The Labute approximate surface area is 92.9 Å². The van der Waals surface area contributed by atoms with Gasteiger partial charge >= 0.3 is 0 Å². The van der Waals surface area contributed by atoms with Crippen LogP contribution in [0.1, 0.15) is 24.8 Å². The fourth-order valence-electron chi connectivity index (χ4n) is 1.48. The van der Waals surface area contributed by atoms with Crippen LogP contribution in [-0.2, 0) is 11.4 Å². The van der Waals surface area contributed by atoms with Crippen LogP contribution in [0, 0.1) is 17.6 Å². The summed E-state index contributed by atoms with van der Waals surface area (Å²) >= 11 is 0. The molecule has 0 aliphatic heterocycles. The van der Waals surface area contributed by atoms with Gasteiger partial charge in [-0.3, -0.25) is 0 Å². The summed E-state index contributed by atoms with van der Waals surface area (Å²) < 4.78 is 25.9. The molecule has 1 aliphatic carbocycles. The van der Waals surface area contributed by atoms with E-state index in [0.717, 1.165) is 31.0 Å². The van der Waals surface area contributed by atoms with E-state index in [4.69, 9.17) is 4.84 Å². The van der Waals surface area contributed by atoms with Crippen LogP contribution in [0.2, 0.25) is 0 Å². The number of halogens is 2. The second-order valence-corrected chi connectivity index (χ2v) is 3.95. The van der Waals surface area contributed by atoms with Crippen molar-refractivity contribution in [2.45, 2.75) is 25.9 Å². The quantitative estimate of drug-likeness (QED) is 0.569. The van der Waals surface area contributed by atoms with Gasteiger partial charge in [-0.15, -0.1) is 0 Å². The molecule has 16 heavy (non-hydrogen) atoms. The Bertz CT molecular complexity index is 389. The summed E-state index contributed by atoms with van der Waals surface area (Å²) in [7, 11) is 0. The van der Waals surface area contributed by atoms with E-state index in [9.17, 15) is 8.78 Å². The molecule has 2 nitrogen and oxygen atoms in total. The third-order valence-electron chi connectivity index (χ3n) is 2.72. The number of benzene rings is 1. The molecule has 0 amide bonds. The number of oxime groups is 1. The molecular formula is C12H13F2NO. The summed E-state index contributed by atoms with van der Waals surface area (Å²) in [5.41, 5.74) is 0.186. The average Bonchev–Trinajstić information content (AvgIpc) is 2.20. The van der Waals surface area contributed by atoms with Crippen LogP contribution in [0.25, 0.3) is 0 Å². The van der Waals surface area contributed by atoms with Crippen molar-refractivity contribution in [1.29, 1.82) is 0 Å². The molecule has 4 heteroatoms. The first-order valence-electron chi connectivity index (χ1n) is 5.35. The first-order chi connectivity index (χ1) is 7.75. The van der Waals surface area contributed by atoms with E-state index in [1.807, 2.05) is 0 Å². The van der Waals surface area contributed by atoms with Crippen molar-refractivity contribution in [3.63, 3.8) is 0 Å². The van der Waals surface area contributed by atoms with Gasteiger partial charge in [0, 0.05) is 11.8 Å². The molecule has 1 aliphatic rings. The lowest BCUT2D eigenvalue weighted by atomic mass is 9.87. The van der Waals surface area contributed by atoms with E-state index in [2.05, 4.69) is 5.16 Å². The molecule has 1 aromatic carbocycles. The molecular weight excluding hydrogens is 212 g/mol. The van der Waals surface area contributed by atoms with E-state index in [1.54, 1.807) is 6.21 Å². The normalized spacial score (nSPS) is 16.4. The van der Waals surface area contributed by atoms with Crippen molar-refractivity contribution in [2.75, 3.05) is 0 Å². The van der Waals surface area contributed by atoms with Gasteiger partial charge in [-0.1, -0.05) is 11.6 Å². The number of nitrogens with zero attached hydrogens (tertiary/aromatic N) is 1. The second kappa shape index (κ2) is 5.05. The standard InChI is InChI=1S/C12H13F2NO/c13-11-4-5-12(14)10(6-11)8-16-15-7-9-2-1-3-9/h4-7,9H,1-3,8H2. The second-order valence-electron chi connectivity index (χ2n) is 3.95. The molecule has 1 aromatic rings. The van der Waals surface area contributed by atoms with Gasteiger partial charge < -0.3 is 4.84 Å². The monoisotopic (exact) mass is 225 g/mol. The van der Waals surface area contributed by atoms with Gasteiger partial charge in [-0.25, -0.2) is 8.78 Å². The predicted molar refractivity (Wildman–Crippen MR) is 57.0 cm³/mol. The summed E-state index contributed by atoms with van der Waals surface area (Å²) in [5, 5.41) is 3.75. The van der Waals surface area contributed by atoms with Crippen LogP contribution < -0.4 is 0 Å². The van der Waals surface area contributed by atoms with Gasteiger partial charge in [0.05, 0.1) is 0 Å². The highest BCUT2D eigenvalue weighted by molar-refractivity contribution is 5.60. The van der Waals surface area contributed by atoms with Gasteiger partial charge in [0.2, 0.25) is 0 Å². The van der Waals surface area contributed by atoms with E-state index in [1.165, 1.54) is 6.42 Å². The highest BCUT2D eigenvalue weighted by Gasteiger charge is 2.14. The summed E-state index contributed by atoms with van der Waals surface area (Å²) in [6.07, 6.45) is 5.25. The molecule has 0 bridgehead atoms. The van der Waals surface area contributed by atoms with E-state index >= 15 is 0 Å². The number of hydrogen-bond acceptors (Lipinski definition) is 2. The lowest BCUT2D eigenvalue weighted by molar-refractivity contribution is 0.126. The van der Waals surface area contributed by atoms with Gasteiger partial charge in [0.1, 0.15) is 18.2 Å². The fourth-order valence-corrected chi connectivity index (χ4v) is 1.48. The van der Waals surface area contributed by atoms with Gasteiger partial charge in [-0.05, 0) is 37.0 Å². The van der Waals surface area contributed by atoms with Crippen LogP contribution in [-0.4, -0.2) is 6.21 Å². The van der Waals surface area contributed by atoms with E-state index in [-0.39, 0.29) is 12.2 Å². The molecule has 1 saturated carbocycles. The number of rotatable bonds is 4. The van der Waals surface area contributed by atoms with Crippen LogP contribution in [0.5, 0.6) is 0 Å². The molecule has 0 atom stereocenters. The third kappa shape index (κ3) is 2.78. The van der Waals surface area contributed by atoms with Crippen LogP contribution in [0.3, 0.4) is 0 Å². The number of hydrogen-bond donors (Lipinski definition) is 0. The van der Waals surface area contributed by atoms with Gasteiger partial charge in [0.15, 0.2) is 0 Å². The summed E-state index contributed by atoms with van der Waals surface area (Å²) in [4.78, 5) is 4.92. The van der Waals surface area contributed by atoms with Crippen molar-refractivity contribution >= 4 is 6.21 Å². The van der Waals surface area contributed by atoms with Gasteiger partial charge in [0.25, 0.3) is 0 Å². The SMILES string of the molecule is Fc1ccc(F)c(CON=CC2CCC2)c1. The van der Waals surface area contributed by atoms with Crippen LogP contribution >= 0.6 is 0 Å². The Hall–Kier alpha value is -1.45. The van der Waals surface area contributed by atoms with Crippen molar-refractivity contribution < 1.29 is 13.6 Å². The average molecular weight is 225 g/mol. The highest BCUT2D eigenvalue weighted by atomic mass is 19.1. The van der Waals surface area contributed by atoms with Crippen molar-refractivity contribution in [1.82, 2.24) is 0 Å². The molecule has 0 spiro atoms. The maximum absolute atomic E-state index is 13.1. The van der Waals surface area contributed by atoms with Gasteiger partial charge in [-0.2, -0.15) is 0 Å². The zero-order valence-corrected chi connectivity index (χ0v) is 8.83. The molecule has 0 heterocycles. The maximum atomic E-state index is 13.1. The first-order valence-corrected chi connectivity index (χ1v) is 5.35. The molecule has 0 unspecified atom stereocenters. The molecule has 0 N–H and O–H groups in total. The maximum Gasteiger partial charge on any atom is 0.145 e. The Balaban J connectivity index is 1.84. The molecule has 0 aromatic heterocycles. The summed E-state index contributed by atoms with van der Waals surface area (Å²) in [6.45, 7) is -0.0349. The molecule has 1 fully saturated rings. The Morgan fingerprint density at radius 3 is 2.88 bits per heavy atom. The van der Waals surface area contributed by atoms with Crippen LogP contribution in [0.4, 0.5) is 8.78 Å². The van der Waals surface area contributed by atoms with Crippen LogP contribution in [0.15, 0.2) is 23.4 Å². The predicted octanol–water partition coefficient (Wildman–Crippen LogP) is 3.27. The molecule has 2 rings (SSSR count). The minimum absolute atomic E-state index is 0.0349. The first kappa shape index (κ1) is 11.0. The summed E-state index contributed by atoms with van der Waals surface area (Å²) in [5.74, 6) is -0.444. The summed E-state index contributed by atoms with van der Waals surface area (Å²) in [6, 6.07) is 3.29. The molecule has 0 saturated heterocycles. The van der Waals surface area contributed by atoms with Crippen molar-refractivity contribution in [2.24, 2.45) is 11.1 Å². The minimum Gasteiger partial charge on any atom is -0.391 e. The zero-order valence-electron chi connectivity index (χ0n) is 8.83. The van der Waals surface area contributed by atoms with Crippen molar-refractivity contribution in [3.05, 3.63) is 35.4 Å². The smallest absolute Gasteiger partial charge is 0.145 e. The minimum atomic E-state index is -0.472.